The van der Waals surface area contributed by atoms with E-state index in [1.165, 1.54) is 0 Å². The summed E-state index contributed by atoms with van der Waals surface area (Å²) in [4.78, 5) is 0. The zero-order chi connectivity index (χ0) is 4.12. The van der Waals surface area contributed by atoms with Crippen molar-refractivity contribution in [2.75, 3.05) is 0 Å². The average molecular weight is 74.4 g/mol. The molecule has 0 amide bonds. The third-order valence-corrected chi connectivity index (χ3v) is 0.612. The van der Waals surface area contributed by atoms with Crippen LogP contribution in [-0.2, 0) is 0 Å². The highest BCUT2D eigenvalue weighted by atomic mass is 24.5. The molecule has 0 bridgehead atoms. The summed E-state index contributed by atoms with van der Waals surface area (Å²) in [6.07, 6.45) is 9.62. The summed E-state index contributed by atoms with van der Waals surface area (Å²) < 4.78 is 4.84. The standard InChI is InChI=1S/2C2H.Mg/c2*1-2;/h2*1H;. The van der Waals surface area contributed by atoms with Gasteiger partial charge in [-0.05, 0) is 0 Å². The Balaban J connectivity index is 2.86. The summed E-state index contributed by atoms with van der Waals surface area (Å²) in [7, 11) is 0. The van der Waals surface area contributed by atoms with Gasteiger partial charge in [0.2, 0.25) is 0 Å². The van der Waals surface area contributed by atoms with E-state index >= 15 is 0 Å². The second-order valence-corrected chi connectivity index (χ2v) is 1.76. The maximum atomic E-state index is 4.81. The van der Waals surface area contributed by atoms with Gasteiger partial charge in [0.15, 0.2) is 0 Å². The molecular weight excluding hydrogens is 72.3 g/mol. The summed E-state index contributed by atoms with van der Waals surface area (Å²) >= 11 is -0.512. The van der Waals surface area contributed by atoms with Gasteiger partial charge in [-0.2, -0.15) is 12.8 Å². The van der Waals surface area contributed by atoms with Crippen molar-refractivity contribution >= 4 is 20.4 Å². The molecule has 0 saturated heterocycles. The molecule has 1 heteroatoms. The largest absolute Gasteiger partial charge is 0.577 e. The summed E-state index contributed by atoms with van der Waals surface area (Å²) in [5, 5.41) is 0. The molecule has 0 aliphatic heterocycles. The summed E-state index contributed by atoms with van der Waals surface area (Å²) in [6.45, 7) is 0. The molecule has 0 spiro atoms. The fraction of sp³-hybridized carbons (Fsp3) is 0. The smallest absolute Gasteiger partial charge is 0.253 e. The molecule has 0 atom stereocenters. The number of rotatable bonds is 0. The first-order valence-electron chi connectivity index (χ1n) is 1.28. The van der Waals surface area contributed by atoms with Crippen LogP contribution in [0.5, 0.6) is 0 Å². The summed E-state index contributed by atoms with van der Waals surface area (Å²) in [5.74, 6) is 0. The Bertz CT molecular complexity index is 68.8. The van der Waals surface area contributed by atoms with Crippen molar-refractivity contribution in [3.05, 3.63) is 0 Å². The van der Waals surface area contributed by atoms with Gasteiger partial charge in [0.1, 0.15) is 0 Å². The van der Waals surface area contributed by atoms with E-state index in [1.54, 1.807) is 0 Å². The Labute approximate surface area is 41.7 Å². The highest BCUT2D eigenvalue weighted by molar-refractivity contribution is 6.54. The second kappa shape index (κ2) is 3.89. The minimum Gasteiger partial charge on any atom is -0.253 e. The molecule has 0 N–H and O–H groups in total. The second-order valence-electron chi connectivity index (χ2n) is 0.585. The Kier molecular flexibility index (Phi) is 3.80. The van der Waals surface area contributed by atoms with Crippen LogP contribution in [0.3, 0.4) is 0 Å². The fourth-order valence-corrected chi connectivity index (χ4v) is 0.177. The fourth-order valence-electron chi connectivity index (χ4n) is 0.0589. The van der Waals surface area contributed by atoms with Crippen molar-refractivity contribution in [2.24, 2.45) is 0 Å². The molecule has 0 aliphatic rings. The van der Waals surface area contributed by atoms with Crippen LogP contribution in [-0.4, -0.2) is 20.4 Å². The number of hydrogen-bond acceptors (Lipinski definition) is 0. The molecule has 0 saturated carbocycles. The normalized spacial score (nSPS) is 2.80. The molecule has 0 radical (unpaired) electrons. The van der Waals surface area contributed by atoms with E-state index in [1.807, 2.05) is 0 Å². The maximum absolute atomic E-state index is 4.81. The summed E-state index contributed by atoms with van der Waals surface area (Å²) in [6, 6.07) is 0. The first-order valence-corrected chi connectivity index (χ1v) is 2.70. The molecule has 0 heterocycles. The van der Waals surface area contributed by atoms with Gasteiger partial charge in [-0.15, -0.1) is 0 Å². The Morgan fingerprint density at radius 3 is 1.60 bits per heavy atom. The van der Waals surface area contributed by atoms with Crippen LogP contribution >= 0.6 is 0 Å². The lowest BCUT2D eigenvalue weighted by atomic mass is 11.4. The van der Waals surface area contributed by atoms with Gasteiger partial charge in [0.05, 0.1) is 0 Å². The molecule has 0 nitrogen and oxygen atoms in total. The average Bonchev–Trinajstić information content (AvgIpc) is 1.41. The van der Waals surface area contributed by atoms with Crippen LogP contribution in [0.2, 0.25) is 0 Å². The lowest BCUT2D eigenvalue weighted by Gasteiger charge is -1.48. The third-order valence-electron chi connectivity index (χ3n) is 0.204. The van der Waals surface area contributed by atoms with Gasteiger partial charge in [-0.1, -0.05) is 0 Å². The Hall–Kier alpha value is -0.114. The highest BCUT2D eigenvalue weighted by Crippen LogP contribution is 1.38. The molecule has 0 aromatic carbocycles. The Morgan fingerprint density at radius 2 is 1.60 bits per heavy atom. The van der Waals surface area contributed by atoms with Crippen LogP contribution in [0.1, 0.15) is 0 Å². The number of hydrogen-bond donors (Lipinski definition) is 0. The van der Waals surface area contributed by atoms with Crippen LogP contribution < -0.4 is 0 Å². The molecular formula is C4H2Mg. The lowest BCUT2D eigenvalue weighted by Crippen LogP contribution is -1.70. The molecule has 5 heavy (non-hydrogen) atoms. The molecule has 0 unspecified atom stereocenters. The van der Waals surface area contributed by atoms with Gasteiger partial charge in [-0.3, -0.25) is 8.10 Å². The van der Waals surface area contributed by atoms with E-state index in [0.717, 1.165) is 0 Å². The minimum absolute atomic E-state index is 0.512. The van der Waals surface area contributed by atoms with Gasteiger partial charge in [0.25, 0.3) is 0 Å². The molecule has 0 rings (SSSR count). The van der Waals surface area contributed by atoms with Crippen molar-refractivity contribution in [3.8, 4) is 20.9 Å². The summed E-state index contributed by atoms with van der Waals surface area (Å²) in [5.41, 5.74) is 0. The van der Waals surface area contributed by atoms with Gasteiger partial charge in [0, 0.05) is 0 Å². The van der Waals surface area contributed by atoms with Crippen molar-refractivity contribution in [2.45, 2.75) is 0 Å². The van der Waals surface area contributed by atoms with E-state index in [4.69, 9.17) is 12.8 Å². The monoisotopic (exact) mass is 74.0 g/mol. The third kappa shape index (κ3) is 3.89. The predicted octanol–water partition coefficient (Wildman–Crippen LogP) is -0.128. The maximum Gasteiger partial charge on any atom is 0.577 e. The van der Waals surface area contributed by atoms with E-state index in [2.05, 4.69) is 8.10 Å². The molecule has 0 aromatic heterocycles. The lowest BCUT2D eigenvalue weighted by molar-refractivity contribution is 2.87. The van der Waals surface area contributed by atoms with Crippen LogP contribution in [0.25, 0.3) is 0 Å². The zero-order valence-electron chi connectivity index (χ0n) is 2.86. The van der Waals surface area contributed by atoms with Gasteiger partial charge < -0.3 is 0 Å². The minimum atomic E-state index is -0.512. The van der Waals surface area contributed by atoms with Crippen molar-refractivity contribution < 1.29 is 0 Å². The van der Waals surface area contributed by atoms with Crippen LogP contribution in [0, 0.1) is 20.9 Å². The zero-order valence-corrected chi connectivity index (χ0v) is 4.28. The molecule has 20 valence electrons. The topological polar surface area (TPSA) is 0 Å². The molecule has 0 aromatic rings. The van der Waals surface area contributed by atoms with E-state index < -0.39 is 20.4 Å². The number of terminal acetylenes is 2. The van der Waals surface area contributed by atoms with Crippen molar-refractivity contribution in [3.63, 3.8) is 0 Å². The van der Waals surface area contributed by atoms with Crippen molar-refractivity contribution in [1.82, 2.24) is 0 Å². The van der Waals surface area contributed by atoms with E-state index in [0.29, 0.717) is 0 Å². The quantitative estimate of drug-likeness (QED) is 0.277. The van der Waals surface area contributed by atoms with E-state index in [9.17, 15) is 0 Å². The first kappa shape index (κ1) is 4.89. The molecule has 0 fully saturated rings. The Morgan fingerprint density at radius 1 is 1.20 bits per heavy atom. The van der Waals surface area contributed by atoms with E-state index in [-0.39, 0.29) is 0 Å². The van der Waals surface area contributed by atoms with Crippen LogP contribution in [0.15, 0.2) is 0 Å². The predicted molar refractivity (Wildman–Crippen MR) is 23.4 cm³/mol. The highest BCUT2D eigenvalue weighted by Gasteiger charge is 1.70. The van der Waals surface area contributed by atoms with Gasteiger partial charge >= 0.3 is 20.4 Å². The van der Waals surface area contributed by atoms with Crippen molar-refractivity contribution in [1.29, 1.82) is 0 Å². The SMILES string of the molecule is C#[C][Mg][C]#C. The van der Waals surface area contributed by atoms with Crippen LogP contribution in [0.4, 0.5) is 0 Å². The van der Waals surface area contributed by atoms with Gasteiger partial charge in [-0.25, -0.2) is 0 Å². The molecule has 0 aliphatic carbocycles. The first-order chi connectivity index (χ1) is 2.41.